The van der Waals surface area contributed by atoms with Crippen LogP contribution in [0.15, 0.2) is 0 Å². The van der Waals surface area contributed by atoms with Gasteiger partial charge in [0.1, 0.15) is 0 Å². The van der Waals surface area contributed by atoms with Gasteiger partial charge >= 0.3 is 0 Å². The number of nitrogens with zero attached hydrogens (tertiary/aromatic N) is 1. The van der Waals surface area contributed by atoms with E-state index in [0.717, 1.165) is 24.2 Å². The molecule has 1 aliphatic carbocycles. The second kappa shape index (κ2) is 4.24. The molecule has 0 amide bonds. The first-order valence-corrected chi connectivity index (χ1v) is 7.56. The molecule has 0 aromatic carbocycles. The Labute approximate surface area is 106 Å². The number of rotatable bonds is 2. The molecule has 2 nitrogen and oxygen atoms in total. The molecule has 2 heteroatoms. The Morgan fingerprint density at radius 2 is 1.71 bits per heavy atom. The summed E-state index contributed by atoms with van der Waals surface area (Å²) in [4.78, 5) is 2.95. The van der Waals surface area contributed by atoms with Gasteiger partial charge in [-0.15, -0.1) is 0 Å². The summed E-state index contributed by atoms with van der Waals surface area (Å²) in [5.41, 5.74) is 0.563. The van der Waals surface area contributed by atoms with Crippen LogP contribution < -0.4 is 5.32 Å². The van der Waals surface area contributed by atoms with Crippen molar-refractivity contribution in [2.75, 3.05) is 7.05 Å². The van der Waals surface area contributed by atoms with Gasteiger partial charge < -0.3 is 5.32 Å². The molecule has 2 bridgehead atoms. The fraction of sp³-hybridized carbons (Fsp3) is 1.00. The summed E-state index contributed by atoms with van der Waals surface area (Å²) in [5.74, 6) is 0. The van der Waals surface area contributed by atoms with Gasteiger partial charge in [-0.3, -0.25) is 4.90 Å². The first-order valence-electron chi connectivity index (χ1n) is 7.56. The largest absolute Gasteiger partial charge is 0.317 e. The van der Waals surface area contributed by atoms with Crippen molar-refractivity contribution in [3.8, 4) is 0 Å². The third-order valence-electron chi connectivity index (χ3n) is 5.76. The van der Waals surface area contributed by atoms with Gasteiger partial charge in [0.15, 0.2) is 0 Å². The van der Waals surface area contributed by atoms with E-state index in [9.17, 15) is 0 Å². The van der Waals surface area contributed by atoms with Crippen LogP contribution >= 0.6 is 0 Å². The van der Waals surface area contributed by atoms with Crippen molar-refractivity contribution >= 4 is 0 Å². The second-order valence-corrected chi connectivity index (χ2v) is 7.19. The van der Waals surface area contributed by atoms with Crippen LogP contribution in [0.25, 0.3) is 0 Å². The van der Waals surface area contributed by atoms with Crippen molar-refractivity contribution < 1.29 is 0 Å². The monoisotopic (exact) mass is 236 g/mol. The highest BCUT2D eigenvalue weighted by Crippen LogP contribution is 2.47. The lowest BCUT2D eigenvalue weighted by atomic mass is 9.83. The van der Waals surface area contributed by atoms with E-state index in [-0.39, 0.29) is 0 Å². The molecule has 0 aromatic rings. The van der Waals surface area contributed by atoms with Gasteiger partial charge in [0, 0.05) is 24.2 Å². The smallest absolute Gasteiger partial charge is 0.0152 e. The van der Waals surface area contributed by atoms with Crippen molar-refractivity contribution in [1.82, 2.24) is 10.2 Å². The molecule has 98 valence electrons. The minimum atomic E-state index is 0.563. The molecular weight excluding hydrogens is 208 g/mol. The first kappa shape index (κ1) is 12.0. The molecule has 1 saturated carbocycles. The minimum absolute atomic E-state index is 0.563. The Balaban J connectivity index is 1.77. The van der Waals surface area contributed by atoms with E-state index in [2.05, 4.69) is 31.1 Å². The molecule has 3 rings (SSSR count). The predicted octanol–water partition coefficient (Wildman–Crippen LogP) is 2.78. The van der Waals surface area contributed by atoms with Crippen molar-refractivity contribution in [3.63, 3.8) is 0 Å². The highest BCUT2D eigenvalue weighted by atomic mass is 15.3. The lowest BCUT2D eigenvalue weighted by molar-refractivity contribution is 0.0270. The maximum atomic E-state index is 3.51. The number of nitrogens with one attached hydrogen (secondary N) is 1. The van der Waals surface area contributed by atoms with Gasteiger partial charge in [0.2, 0.25) is 0 Å². The van der Waals surface area contributed by atoms with Crippen LogP contribution in [-0.4, -0.2) is 36.1 Å². The molecule has 2 saturated heterocycles. The lowest BCUT2D eigenvalue weighted by Gasteiger charge is -2.46. The highest BCUT2D eigenvalue weighted by molar-refractivity contribution is 5.04. The van der Waals surface area contributed by atoms with Crippen LogP contribution in [-0.2, 0) is 0 Å². The molecule has 3 unspecified atom stereocenters. The Morgan fingerprint density at radius 1 is 1.06 bits per heavy atom. The van der Waals surface area contributed by atoms with Gasteiger partial charge in [-0.25, -0.2) is 0 Å². The highest BCUT2D eigenvalue weighted by Gasteiger charge is 2.48. The fourth-order valence-electron chi connectivity index (χ4n) is 4.82. The molecule has 0 aromatic heterocycles. The Hall–Kier alpha value is -0.0800. The number of piperidine rings is 1. The lowest BCUT2D eigenvalue weighted by Crippen LogP contribution is -2.55. The molecule has 3 fully saturated rings. The van der Waals surface area contributed by atoms with Crippen LogP contribution in [0.2, 0.25) is 0 Å². The summed E-state index contributed by atoms with van der Waals surface area (Å²) >= 11 is 0. The van der Waals surface area contributed by atoms with E-state index in [4.69, 9.17) is 0 Å². The van der Waals surface area contributed by atoms with Crippen LogP contribution in [0, 0.1) is 5.41 Å². The third-order valence-corrected chi connectivity index (χ3v) is 5.76. The van der Waals surface area contributed by atoms with Crippen molar-refractivity contribution in [2.24, 2.45) is 5.41 Å². The van der Waals surface area contributed by atoms with Gasteiger partial charge in [-0.05, 0) is 51.0 Å². The normalized spacial score (nSPS) is 45.4. The molecule has 17 heavy (non-hydrogen) atoms. The molecule has 2 aliphatic heterocycles. The summed E-state index contributed by atoms with van der Waals surface area (Å²) in [7, 11) is 2.14. The maximum Gasteiger partial charge on any atom is 0.0152 e. The quantitative estimate of drug-likeness (QED) is 0.793. The standard InChI is InChI=1S/C15H28N2/c1-15(2)8-4-5-14(15)17-12-6-7-13(17)10-11(9-12)16-3/h11-14,16H,4-10H2,1-3H3. The van der Waals surface area contributed by atoms with Gasteiger partial charge in [0.25, 0.3) is 0 Å². The minimum Gasteiger partial charge on any atom is -0.317 e. The zero-order chi connectivity index (χ0) is 12.0. The molecular formula is C15H28N2. The molecule has 3 aliphatic rings. The maximum absolute atomic E-state index is 3.51. The topological polar surface area (TPSA) is 15.3 Å². The van der Waals surface area contributed by atoms with Crippen LogP contribution in [0.4, 0.5) is 0 Å². The number of hydrogen-bond donors (Lipinski definition) is 1. The molecule has 2 heterocycles. The summed E-state index contributed by atoms with van der Waals surface area (Å²) < 4.78 is 0. The van der Waals surface area contributed by atoms with Gasteiger partial charge in [-0.2, -0.15) is 0 Å². The number of hydrogen-bond acceptors (Lipinski definition) is 2. The molecule has 3 atom stereocenters. The average molecular weight is 236 g/mol. The van der Waals surface area contributed by atoms with Crippen LogP contribution in [0.3, 0.4) is 0 Å². The third kappa shape index (κ3) is 1.94. The number of fused-ring (bicyclic) bond motifs is 2. The summed E-state index contributed by atoms with van der Waals surface area (Å²) in [5, 5.41) is 3.51. The Bertz CT molecular complexity index is 273. The first-order chi connectivity index (χ1) is 8.12. The van der Waals surface area contributed by atoms with Crippen LogP contribution in [0.5, 0.6) is 0 Å². The summed E-state index contributed by atoms with van der Waals surface area (Å²) in [6.07, 6.45) is 10.0. The predicted molar refractivity (Wildman–Crippen MR) is 72.2 cm³/mol. The fourth-order valence-corrected chi connectivity index (χ4v) is 4.82. The Kier molecular flexibility index (Phi) is 2.99. The molecule has 1 N–H and O–H groups in total. The Morgan fingerprint density at radius 3 is 2.18 bits per heavy atom. The second-order valence-electron chi connectivity index (χ2n) is 7.19. The van der Waals surface area contributed by atoms with E-state index >= 15 is 0 Å². The molecule has 0 radical (unpaired) electrons. The van der Waals surface area contributed by atoms with Crippen molar-refractivity contribution in [2.45, 2.75) is 83.0 Å². The van der Waals surface area contributed by atoms with Gasteiger partial charge in [-0.1, -0.05) is 20.3 Å². The summed E-state index contributed by atoms with van der Waals surface area (Å²) in [6.45, 7) is 4.99. The van der Waals surface area contributed by atoms with Crippen molar-refractivity contribution in [1.29, 1.82) is 0 Å². The van der Waals surface area contributed by atoms with E-state index in [1.54, 1.807) is 0 Å². The van der Waals surface area contributed by atoms with E-state index in [1.165, 1.54) is 44.9 Å². The van der Waals surface area contributed by atoms with E-state index in [1.807, 2.05) is 0 Å². The van der Waals surface area contributed by atoms with Crippen LogP contribution in [0.1, 0.15) is 58.8 Å². The average Bonchev–Trinajstić information content (AvgIpc) is 2.74. The van der Waals surface area contributed by atoms with E-state index in [0.29, 0.717) is 5.41 Å². The van der Waals surface area contributed by atoms with Crippen molar-refractivity contribution in [3.05, 3.63) is 0 Å². The SMILES string of the molecule is CNC1CC2CCC(C1)N2C1CCCC1(C)C. The van der Waals surface area contributed by atoms with Gasteiger partial charge in [0.05, 0.1) is 0 Å². The zero-order valence-corrected chi connectivity index (χ0v) is 11.7. The summed E-state index contributed by atoms with van der Waals surface area (Å²) in [6, 6.07) is 3.42. The zero-order valence-electron chi connectivity index (χ0n) is 11.7. The molecule has 0 spiro atoms. The van der Waals surface area contributed by atoms with E-state index < -0.39 is 0 Å².